The first kappa shape index (κ1) is 25.5. The SMILES string of the molecule is O=C(c1ccc(Oc2ccccc2)cc1F)c1c[nH]c2ncnc(NC3CCN(CCOc4ccccc4)C3)c12. The number of hydrogen-bond acceptors (Lipinski definition) is 7. The number of H-pyrrole nitrogens is 1. The Labute approximate surface area is 230 Å². The molecule has 2 N–H and O–H groups in total. The van der Waals surface area contributed by atoms with Gasteiger partial charge in [-0.3, -0.25) is 9.69 Å². The number of rotatable bonds is 10. The zero-order chi connectivity index (χ0) is 27.3. The van der Waals surface area contributed by atoms with Crippen molar-refractivity contribution >= 4 is 22.6 Å². The summed E-state index contributed by atoms with van der Waals surface area (Å²) < 4.78 is 26.6. The number of likely N-dealkylation sites (tertiary alicyclic amines) is 1. The Morgan fingerprint density at radius 1 is 0.975 bits per heavy atom. The van der Waals surface area contributed by atoms with E-state index in [4.69, 9.17) is 9.47 Å². The molecule has 3 aromatic carbocycles. The minimum Gasteiger partial charge on any atom is -0.492 e. The van der Waals surface area contributed by atoms with Gasteiger partial charge in [-0.15, -0.1) is 0 Å². The number of nitrogens with one attached hydrogen (secondary N) is 2. The van der Waals surface area contributed by atoms with Gasteiger partial charge in [0.25, 0.3) is 0 Å². The average molecular weight is 538 g/mol. The van der Waals surface area contributed by atoms with Crippen LogP contribution in [0.3, 0.4) is 0 Å². The molecule has 0 radical (unpaired) electrons. The van der Waals surface area contributed by atoms with E-state index in [0.717, 1.165) is 31.8 Å². The molecule has 0 amide bonds. The van der Waals surface area contributed by atoms with Crippen molar-refractivity contribution in [2.24, 2.45) is 0 Å². The highest BCUT2D eigenvalue weighted by Crippen LogP contribution is 2.29. The Kier molecular flexibility index (Phi) is 7.37. The van der Waals surface area contributed by atoms with E-state index in [0.29, 0.717) is 40.5 Å². The van der Waals surface area contributed by atoms with Gasteiger partial charge in [0.1, 0.15) is 47.5 Å². The number of ketones is 1. The number of ether oxygens (including phenoxy) is 2. The molecule has 1 atom stereocenters. The normalized spacial score (nSPS) is 15.3. The second-order valence-corrected chi connectivity index (χ2v) is 9.63. The molecule has 0 bridgehead atoms. The van der Waals surface area contributed by atoms with Crippen LogP contribution in [-0.2, 0) is 0 Å². The predicted molar refractivity (Wildman–Crippen MR) is 151 cm³/mol. The highest BCUT2D eigenvalue weighted by Gasteiger charge is 2.26. The van der Waals surface area contributed by atoms with Crippen LogP contribution >= 0.6 is 0 Å². The first-order chi connectivity index (χ1) is 19.6. The summed E-state index contributed by atoms with van der Waals surface area (Å²) in [6.45, 7) is 3.15. The minimum absolute atomic E-state index is 0.0541. The molecule has 1 saturated heterocycles. The lowest BCUT2D eigenvalue weighted by Gasteiger charge is -2.17. The first-order valence-electron chi connectivity index (χ1n) is 13.2. The van der Waals surface area contributed by atoms with Gasteiger partial charge in [-0.05, 0) is 42.8 Å². The van der Waals surface area contributed by atoms with E-state index in [2.05, 4.69) is 25.2 Å². The number of fused-ring (bicyclic) bond motifs is 1. The van der Waals surface area contributed by atoms with E-state index in [1.165, 1.54) is 18.5 Å². The van der Waals surface area contributed by atoms with Crippen LogP contribution in [0.2, 0.25) is 0 Å². The molecule has 3 heterocycles. The number of aromatic nitrogens is 3. The zero-order valence-electron chi connectivity index (χ0n) is 21.7. The third-order valence-electron chi connectivity index (χ3n) is 6.91. The Hall–Kier alpha value is -4.76. The summed E-state index contributed by atoms with van der Waals surface area (Å²) in [5.74, 6) is 1.18. The molecule has 0 spiro atoms. The van der Waals surface area contributed by atoms with Gasteiger partial charge in [0.05, 0.1) is 16.5 Å². The van der Waals surface area contributed by atoms with Gasteiger partial charge in [-0.2, -0.15) is 0 Å². The molecule has 8 nitrogen and oxygen atoms in total. The molecule has 1 fully saturated rings. The van der Waals surface area contributed by atoms with Gasteiger partial charge in [-0.25, -0.2) is 14.4 Å². The molecule has 2 aromatic heterocycles. The summed E-state index contributed by atoms with van der Waals surface area (Å²) in [7, 11) is 0. The second-order valence-electron chi connectivity index (χ2n) is 9.63. The number of aromatic amines is 1. The number of hydrogen-bond donors (Lipinski definition) is 2. The van der Waals surface area contributed by atoms with Crippen LogP contribution in [-0.4, -0.2) is 57.9 Å². The van der Waals surface area contributed by atoms with E-state index < -0.39 is 11.6 Å². The molecule has 40 heavy (non-hydrogen) atoms. The summed E-state index contributed by atoms with van der Waals surface area (Å²) in [6.07, 6.45) is 3.93. The lowest BCUT2D eigenvalue weighted by Crippen LogP contribution is -2.29. The van der Waals surface area contributed by atoms with Crippen LogP contribution in [0.1, 0.15) is 22.3 Å². The molecular weight excluding hydrogens is 509 g/mol. The van der Waals surface area contributed by atoms with Crippen molar-refractivity contribution in [3.8, 4) is 17.2 Å². The lowest BCUT2D eigenvalue weighted by molar-refractivity contribution is 0.103. The number of benzene rings is 3. The van der Waals surface area contributed by atoms with Crippen molar-refractivity contribution in [3.63, 3.8) is 0 Å². The quantitative estimate of drug-likeness (QED) is 0.221. The maximum atomic E-state index is 15.1. The van der Waals surface area contributed by atoms with E-state index in [9.17, 15) is 4.79 Å². The summed E-state index contributed by atoms with van der Waals surface area (Å²) in [4.78, 5) is 27.6. The zero-order valence-corrected chi connectivity index (χ0v) is 21.7. The predicted octanol–water partition coefficient (Wildman–Crippen LogP) is 5.69. The molecule has 1 aliphatic rings. The fourth-order valence-electron chi connectivity index (χ4n) is 4.92. The van der Waals surface area contributed by atoms with Gasteiger partial charge in [0.15, 0.2) is 5.78 Å². The fraction of sp³-hybridized carbons (Fsp3) is 0.194. The number of para-hydroxylation sites is 2. The molecule has 9 heteroatoms. The van der Waals surface area contributed by atoms with Gasteiger partial charge in [0.2, 0.25) is 0 Å². The molecule has 6 rings (SSSR count). The van der Waals surface area contributed by atoms with Crippen molar-refractivity contribution < 1.29 is 18.7 Å². The molecule has 0 aliphatic carbocycles. The van der Waals surface area contributed by atoms with Crippen molar-refractivity contribution in [2.75, 3.05) is 31.6 Å². The highest BCUT2D eigenvalue weighted by atomic mass is 19.1. The smallest absolute Gasteiger partial charge is 0.198 e. The fourth-order valence-corrected chi connectivity index (χ4v) is 4.92. The maximum absolute atomic E-state index is 15.1. The minimum atomic E-state index is -0.664. The molecule has 202 valence electrons. The Bertz CT molecular complexity index is 1610. The largest absolute Gasteiger partial charge is 0.492 e. The molecule has 1 unspecified atom stereocenters. The lowest BCUT2D eigenvalue weighted by atomic mass is 10.0. The van der Waals surface area contributed by atoms with Crippen LogP contribution < -0.4 is 14.8 Å². The Morgan fingerprint density at radius 3 is 2.52 bits per heavy atom. The van der Waals surface area contributed by atoms with E-state index >= 15 is 4.39 Å². The molecule has 1 aliphatic heterocycles. The number of carbonyl (C=O) groups excluding carboxylic acids is 1. The molecular formula is C31H28FN5O3. The van der Waals surface area contributed by atoms with Crippen LogP contribution in [0, 0.1) is 5.82 Å². The van der Waals surface area contributed by atoms with Gasteiger partial charge in [-0.1, -0.05) is 36.4 Å². The Morgan fingerprint density at radius 2 is 1.75 bits per heavy atom. The van der Waals surface area contributed by atoms with Crippen LogP contribution in [0.25, 0.3) is 11.0 Å². The number of anilines is 1. The van der Waals surface area contributed by atoms with Crippen molar-refractivity contribution in [1.29, 1.82) is 0 Å². The van der Waals surface area contributed by atoms with Gasteiger partial charge in [0, 0.05) is 37.9 Å². The third kappa shape index (κ3) is 5.64. The maximum Gasteiger partial charge on any atom is 0.198 e. The summed E-state index contributed by atoms with van der Waals surface area (Å²) >= 11 is 0. The van der Waals surface area contributed by atoms with E-state index in [1.54, 1.807) is 24.4 Å². The third-order valence-corrected chi connectivity index (χ3v) is 6.91. The second kappa shape index (κ2) is 11.5. The standard InChI is InChI=1S/C31H28FN5O3/c32-27-17-24(40-23-9-5-2-6-10-23)11-12-25(27)29(38)26-18-33-30-28(26)31(35-20-34-30)36-21-13-14-37(19-21)15-16-39-22-7-3-1-4-8-22/h1-12,17-18,20-21H,13-16,19H2,(H2,33,34,35,36). The van der Waals surface area contributed by atoms with Crippen molar-refractivity contribution in [1.82, 2.24) is 19.9 Å². The topological polar surface area (TPSA) is 92.4 Å². The van der Waals surface area contributed by atoms with Crippen LogP contribution in [0.15, 0.2) is 91.4 Å². The molecule has 0 saturated carbocycles. The number of carbonyl (C=O) groups is 1. The highest BCUT2D eigenvalue weighted by molar-refractivity contribution is 6.18. The summed E-state index contributed by atoms with van der Waals surface area (Å²) in [5, 5.41) is 4.03. The Balaban J connectivity index is 1.14. The molecule has 5 aromatic rings. The summed E-state index contributed by atoms with van der Waals surface area (Å²) in [6, 6.07) is 23.2. The van der Waals surface area contributed by atoms with Crippen molar-refractivity contribution in [3.05, 3.63) is 108 Å². The average Bonchev–Trinajstić information content (AvgIpc) is 3.62. The van der Waals surface area contributed by atoms with Crippen LogP contribution in [0.5, 0.6) is 17.2 Å². The summed E-state index contributed by atoms with van der Waals surface area (Å²) in [5.41, 5.74) is 0.762. The monoisotopic (exact) mass is 537 g/mol. The van der Waals surface area contributed by atoms with Crippen LogP contribution in [0.4, 0.5) is 10.2 Å². The number of halogens is 1. The van der Waals surface area contributed by atoms with Crippen molar-refractivity contribution in [2.45, 2.75) is 12.5 Å². The van der Waals surface area contributed by atoms with Gasteiger partial charge < -0.3 is 19.8 Å². The number of nitrogens with zero attached hydrogens (tertiary/aromatic N) is 3. The van der Waals surface area contributed by atoms with Gasteiger partial charge >= 0.3 is 0 Å². The first-order valence-corrected chi connectivity index (χ1v) is 13.2. The van der Waals surface area contributed by atoms with E-state index in [-0.39, 0.29) is 11.6 Å². The van der Waals surface area contributed by atoms with E-state index in [1.807, 2.05) is 48.5 Å².